The first-order valence-electron chi connectivity index (χ1n) is 8.08. The van der Waals surface area contributed by atoms with E-state index in [1.807, 2.05) is 24.3 Å². The van der Waals surface area contributed by atoms with Gasteiger partial charge in [-0.15, -0.1) is 12.4 Å². The Labute approximate surface area is 148 Å². The lowest BCUT2D eigenvalue weighted by atomic mass is 9.77. The van der Waals surface area contributed by atoms with E-state index in [0.717, 1.165) is 23.7 Å². The molecule has 4 nitrogen and oxygen atoms in total. The number of carbonyl (C=O) groups is 1. The van der Waals surface area contributed by atoms with Crippen LogP contribution < -0.4 is 10.6 Å². The van der Waals surface area contributed by atoms with Gasteiger partial charge < -0.3 is 15.4 Å². The molecule has 2 atom stereocenters. The van der Waals surface area contributed by atoms with Crippen molar-refractivity contribution in [1.82, 2.24) is 10.6 Å². The van der Waals surface area contributed by atoms with Gasteiger partial charge in [0, 0.05) is 24.0 Å². The first-order chi connectivity index (χ1) is 10.7. The first kappa shape index (κ1) is 18.5. The third-order valence-corrected chi connectivity index (χ3v) is 4.85. The summed E-state index contributed by atoms with van der Waals surface area (Å²) in [6.07, 6.45) is 4.08. The Kier molecular flexibility index (Phi) is 7.15. The van der Waals surface area contributed by atoms with Crippen LogP contribution in [0.2, 0.25) is 5.02 Å². The molecule has 3 rings (SSSR count). The van der Waals surface area contributed by atoms with E-state index in [1.54, 1.807) is 0 Å². The lowest BCUT2D eigenvalue weighted by Gasteiger charge is -2.35. The topological polar surface area (TPSA) is 50.4 Å². The molecule has 0 aromatic heterocycles. The Bertz CT molecular complexity index is 500. The van der Waals surface area contributed by atoms with E-state index in [4.69, 9.17) is 16.3 Å². The molecule has 1 amide bonds. The summed E-state index contributed by atoms with van der Waals surface area (Å²) in [5.74, 6) is 0.635. The normalized spacial score (nSPS) is 22.6. The summed E-state index contributed by atoms with van der Waals surface area (Å²) in [5, 5.41) is 7.28. The van der Waals surface area contributed by atoms with E-state index < -0.39 is 0 Å². The van der Waals surface area contributed by atoms with Gasteiger partial charge in [-0.25, -0.2) is 0 Å². The number of ether oxygens (including phenoxy) is 1. The predicted molar refractivity (Wildman–Crippen MR) is 94.2 cm³/mol. The van der Waals surface area contributed by atoms with Crippen molar-refractivity contribution >= 4 is 29.9 Å². The zero-order chi connectivity index (χ0) is 15.4. The largest absolute Gasteiger partial charge is 0.378 e. The average Bonchev–Trinajstić information content (AvgIpc) is 2.46. The molecular weight excluding hydrogens is 335 g/mol. The summed E-state index contributed by atoms with van der Waals surface area (Å²) < 4.78 is 5.41. The van der Waals surface area contributed by atoms with Gasteiger partial charge in [-0.1, -0.05) is 30.2 Å². The summed E-state index contributed by atoms with van der Waals surface area (Å²) in [7, 11) is 0. The summed E-state index contributed by atoms with van der Waals surface area (Å²) >= 11 is 5.97. The molecule has 1 aliphatic heterocycles. The molecule has 1 aromatic rings. The zero-order valence-corrected chi connectivity index (χ0v) is 14.7. The fraction of sp³-hybridized carbons (Fsp3) is 0.588. The molecule has 1 aliphatic carbocycles. The van der Waals surface area contributed by atoms with Crippen molar-refractivity contribution in [3.05, 3.63) is 34.9 Å². The number of carbonyl (C=O) groups excluding carboxylic acids is 1. The van der Waals surface area contributed by atoms with Crippen molar-refractivity contribution in [1.29, 1.82) is 0 Å². The van der Waals surface area contributed by atoms with Crippen LogP contribution in [0.4, 0.5) is 0 Å². The number of rotatable bonds is 5. The molecule has 23 heavy (non-hydrogen) atoms. The van der Waals surface area contributed by atoms with Gasteiger partial charge in [0.05, 0.1) is 19.3 Å². The summed E-state index contributed by atoms with van der Waals surface area (Å²) in [4.78, 5) is 12.4. The van der Waals surface area contributed by atoms with Crippen LogP contribution in [-0.2, 0) is 9.53 Å². The van der Waals surface area contributed by atoms with Crippen molar-refractivity contribution in [2.75, 3.05) is 19.8 Å². The molecule has 1 saturated heterocycles. The standard InChI is InChI=1S/C17H23ClN2O2.ClH/c18-14-6-4-13(5-7-14)17(12-2-1-3-12)20-16(21)10-15-11-22-9-8-19-15;/h4-7,12,15,17,19H,1-3,8-11H2,(H,20,21);1H. The van der Waals surface area contributed by atoms with Gasteiger partial charge in [0.25, 0.3) is 0 Å². The summed E-state index contributed by atoms with van der Waals surface area (Å²) in [6, 6.07) is 8.06. The third-order valence-electron chi connectivity index (χ3n) is 4.60. The predicted octanol–water partition coefficient (Wildman–Crippen LogP) is 3.10. The van der Waals surface area contributed by atoms with Crippen LogP contribution in [0.1, 0.15) is 37.3 Å². The Morgan fingerprint density at radius 2 is 2.09 bits per heavy atom. The number of amides is 1. The molecule has 2 unspecified atom stereocenters. The molecule has 0 spiro atoms. The monoisotopic (exact) mass is 358 g/mol. The second kappa shape index (κ2) is 8.88. The molecule has 1 heterocycles. The van der Waals surface area contributed by atoms with Gasteiger partial charge in [0.15, 0.2) is 0 Å². The van der Waals surface area contributed by atoms with E-state index in [2.05, 4.69) is 10.6 Å². The Hall–Kier alpha value is -0.810. The number of halogens is 2. The van der Waals surface area contributed by atoms with Crippen LogP contribution in [0.3, 0.4) is 0 Å². The highest BCUT2D eigenvalue weighted by Gasteiger charge is 2.30. The van der Waals surface area contributed by atoms with Crippen molar-refractivity contribution in [3.63, 3.8) is 0 Å². The fourth-order valence-electron chi connectivity index (χ4n) is 3.12. The highest BCUT2D eigenvalue weighted by Crippen LogP contribution is 2.38. The SMILES string of the molecule is Cl.O=C(CC1COCCN1)NC(c1ccc(Cl)cc1)C1CCC1. The molecule has 1 saturated carbocycles. The third kappa shape index (κ3) is 5.08. The molecule has 2 N–H and O–H groups in total. The molecule has 0 bridgehead atoms. The van der Waals surface area contributed by atoms with Gasteiger partial charge in [-0.05, 0) is 36.5 Å². The lowest BCUT2D eigenvalue weighted by molar-refractivity contribution is -0.123. The number of benzene rings is 1. The number of nitrogens with one attached hydrogen (secondary N) is 2. The molecular formula is C17H24Cl2N2O2. The Morgan fingerprint density at radius 3 is 2.65 bits per heavy atom. The molecule has 6 heteroatoms. The van der Waals surface area contributed by atoms with E-state index in [-0.39, 0.29) is 30.4 Å². The smallest absolute Gasteiger partial charge is 0.222 e. The van der Waals surface area contributed by atoms with Crippen molar-refractivity contribution in [3.8, 4) is 0 Å². The maximum absolute atomic E-state index is 12.4. The van der Waals surface area contributed by atoms with Crippen LogP contribution >= 0.6 is 24.0 Å². The fourth-order valence-corrected chi connectivity index (χ4v) is 3.25. The maximum atomic E-state index is 12.4. The van der Waals surface area contributed by atoms with Crippen LogP contribution in [-0.4, -0.2) is 31.7 Å². The van der Waals surface area contributed by atoms with E-state index in [0.29, 0.717) is 18.9 Å². The number of morpholine rings is 1. The van der Waals surface area contributed by atoms with E-state index >= 15 is 0 Å². The summed E-state index contributed by atoms with van der Waals surface area (Å²) in [5.41, 5.74) is 1.15. The van der Waals surface area contributed by atoms with E-state index in [1.165, 1.54) is 19.3 Å². The van der Waals surface area contributed by atoms with Gasteiger partial charge in [-0.3, -0.25) is 4.79 Å². The minimum Gasteiger partial charge on any atom is -0.378 e. The maximum Gasteiger partial charge on any atom is 0.222 e. The van der Waals surface area contributed by atoms with Crippen molar-refractivity contribution < 1.29 is 9.53 Å². The van der Waals surface area contributed by atoms with Crippen molar-refractivity contribution in [2.45, 2.75) is 37.8 Å². The molecule has 2 aliphatic rings. The lowest BCUT2D eigenvalue weighted by Crippen LogP contribution is -2.45. The zero-order valence-electron chi connectivity index (χ0n) is 13.1. The van der Waals surface area contributed by atoms with Gasteiger partial charge in [0.1, 0.15) is 0 Å². The quantitative estimate of drug-likeness (QED) is 0.850. The van der Waals surface area contributed by atoms with Gasteiger partial charge in [0.2, 0.25) is 5.91 Å². The number of hydrogen-bond acceptors (Lipinski definition) is 3. The van der Waals surface area contributed by atoms with Crippen LogP contribution in [0.5, 0.6) is 0 Å². The molecule has 0 radical (unpaired) electrons. The second-order valence-electron chi connectivity index (χ2n) is 6.22. The average molecular weight is 359 g/mol. The molecule has 2 fully saturated rings. The van der Waals surface area contributed by atoms with Crippen LogP contribution in [0.25, 0.3) is 0 Å². The Balaban J connectivity index is 0.00000192. The second-order valence-corrected chi connectivity index (χ2v) is 6.65. The highest BCUT2D eigenvalue weighted by atomic mass is 35.5. The Morgan fingerprint density at radius 1 is 1.35 bits per heavy atom. The van der Waals surface area contributed by atoms with Gasteiger partial charge >= 0.3 is 0 Å². The van der Waals surface area contributed by atoms with Gasteiger partial charge in [-0.2, -0.15) is 0 Å². The minimum absolute atomic E-state index is 0. The van der Waals surface area contributed by atoms with Crippen molar-refractivity contribution in [2.24, 2.45) is 5.92 Å². The van der Waals surface area contributed by atoms with Crippen LogP contribution in [0.15, 0.2) is 24.3 Å². The highest BCUT2D eigenvalue weighted by molar-refractivity contribution is 6.30. The van der Waals surface area contributed by atoms with E-state index in [9.17, 15) is 4.79 Å². The summed E-state index contributed by atoms with van der Waals surface area (Å²) in [6.45, 7) is 2.16. The minimum atomic E-state index is 0. The molecule has 128 valence electrons. The molecule has 1 aromatic carbocycles. The number of hydrogen-bond donors (Lipinski definition) is 2. The van der Waals surface area contributed by atoms with Crippen LogP contribution in [0, 0.1) is 5.92 Å². The first-order valence-corrected chi connectivity index (χ1v) is 8.46.